The fourth-order valence-electron chi connectivity index (χ4n) is 3.60. The summed E-state index contributed by atoms with van der Waals surface area (Å²) in [6.07, 6.45) is 0.186. The van der Waals surface area contributed by atoms with Gasteiger partial charge in [0.2, 0.25) is 5.91 Å². The zero-order chi connectivity index (χ0) is 19.1. The van der Waals surface area contributed by atoms with Gasteiger partial charge >= 0.3 is 5.97 Å². The number of benzene rings is 2. The standard InChI is InChI=1S/C21H18ClNO4/c1-12-3-6-14(9-17(12)22)23-18-11-27-21(25)20(18)16(10-19(23)24)13-4-7-15(26-2)8-5-13/h3-9,16H,10-11H2,1-2H3/t16-/m0/s1. The number of methoxy groups -OCH3 is 1. The van der Waals surface area contributed by atoms with Crippen LogP contribution in [0.15, 0.2) is 53.7 Å². The lowest BCUT2D eigenvalue weighted by Gasteiger charge is -2.32. The van der Waals surface area contributed by atoms with E-state index in [1.165, 1.54) is 0 Å². The topological polar surface area (TPSA) is 55.8 Å². The van der Waals surface area contributed by atoms with Gasteiger partial charge in [-0.05, 0) is 42.3 Å². The van der Waals surface area contributed by atoms with Crippen LogP contribution in [0.2, 0.25) is 5.02 Å². The smallest absolute Gasteiger partial charge is 0.336 e. The number of rotatable bonds is 3. The molecular formula is C21H18ClNO4. The number of ether oxygens (including phenoxy) is 2. The third-order valence-electron chi connectivity index (χ3n) is 5.05. The fraction of sp³-hybridized carbons (Fsp3) is 0.238. The number of hydrogen-bond acceptors (Lipinski definition) is 4. The second kappa shape index (κ2) is 6.74. The van der Waals surface area contributed by atoms with E-state index in [4.69, 9.17) is 21.1 Å². The predicted octanol–water partition coefficient (Wildman–Crippen LogP) is 3.99. The van der Waals surface area contributed by atoms with Crippen LogP contribution in [-0.2, 0) is 14.3 Å². The van der Waals surface area contributed by atoms with E-state index in [1.807, 2.05) is 43.3 Å². The highest BCUT2D eigenvalue weighted by Crippen LogP contribution is 2.42. The van der Waals surface area contributed by atoms with Gasteiger partial charge in [-0.2, -0.15) is 0 Å². The first kappa shape index (κ1) is 17.6. The van der Waals surface area contributed by atoms with Crippen LogP contribution in [-0.4, -0.2) is 25.6 Å². The van der Waals surface area contributed by atoms with Crippen LogP contribution in [0.1, 0.15) is 23.5 Å². The number of aryl methyl sites for hydroxylation is 1. The molecule has 138 valence electrons. The zero-order valence-corrected chi connectivity index (χ0v) is 15.7. The summed E-state index contributed by atoms with van der Waals surface area (Å²) in [6.45, 7) is 1.98. The van der Waals surface area contributed by atoms with E-state index in [1.54, 1.807) is 18.1 Å². The Labute approximate surface area is 162 Å². The molecule has 0 fully saturated rings. The van der Waals surface area contributed by atoms with Crippen molar-refractivity contribution >= 4 is 29.2 Å². The molecule has 2 heterocycles. The Kier molecular flexibility index (Phi) is 4.40. The summed E-state index contributed by atoms with van der Waals surface area (Å²) in [5, 5.41) is 0.574. The summed E-state index contributed by atoms with van der Waals surface area (Å²) in [4.78, 5) is 27.0. The number of halogens is 1. The van der Waals surface area contributed by atoms with Crippen molar-refractivity contribution in [2.45, 2.75) is 19.3 Å². The summed E-state index contributed by atoms with van der Waals surface area (Å²) in [7, 11) is 1.60. The maximum absolute atomic E-state index is 13.0. The predicted molar refractivity (Wildman–Crippen MR) is 102 cm³/mol. The number of cyclic esters (lactones) is 1. The average molecular weight is 384 g/mol. The molecule has 27 heavy (non-hydrogen) atoms. The van der Waals surface area contributed by atoms with Gasteiger partial charge in [-0.15, -0.1) is 0 Å². The van der Waals surface area contributed by atoms with Crippen molar-refractivity contribution in [1.29, 1.82) is 0 Å². The summed E-state index contributed by atoms with van der Waals surface area (Å²) in [5.74, 6) is -0.0695. The highest BCUT2D eigenvalue weighted by atomic mass is 35.5. The van der Waals surface area contributed by atoms with E-state index in [0.29, 0.717) is 22.0 Å². The van der Waals surface area contributed by atoms with Crippen LogP contribution >= 0.6 is 11.6 Å². The van der Waals surface area contributed by atoms with Gasteiger partial charge in [-0.25, -0.2) is 4.79 Å². The quantitative estimate of drug-likeness (QED) is 0.752. The minimum absolute atomic E-state index is 0.0814. The van der Waals surface area contributed by atoms with Crippen molar-refractivity contribution in [1.82, 2.24) is 0 Å². The molecule has 0 radical (unpaired) electrons. The highest BCUT2D eigenvalue weighted by Gasteiger charge is 2.43. The minimum atomic E-state index is -0.374. The van der Waals surface area contributed by atoms with Gasteiger partial charge in [-0.1, -0.05) is 29.8 Å². The van der Waals surface area contributed by atoms with Crippen molar-refractivity contribution < 1.29 is 19.1 Å². The minimum Gasteiger partial charge on any atom is -0.497 e. The lowest BCUT2D eigenvalue weighted by molar-refractivity contribution is -0.136. The Morgan fingerprint density at radius 1 is 1.15 bits per heavy atom. The molecule has 0 unspecified atom stereocenters. The second-order valence-electron chi connectivity index (χ2n) is 6.63. The van der Waals surface area contributed by atoms with Crippen LogP contribution in [0.5, 0.6) is 5.75 Å². The number of hydrogen-bond donors (Lipinski definition) is 0. The van der Waals surface area contributed by atoms with Crippen molar-refractivity contribution in [3.05, 3.63) is 69.9 Å². The first-order valence-corrected chi connectivity index (χ1v) is 9.00. The molecule has 6 heteroatoms. The maximum Gasteiger partial charge on any atom is 0.336 e. The van der Waals surface area contributed by atoms with Crippen molar-refractivity contribution in [2.24, 2.45) is 0 Å². The summed E-state index contributed by atoms with van der Waals surface area (Å²) in [6, 6.07) is 12.9. The normalized spacial score (nSPS) is 19.2. The van der Waals surface area contributed by atoms with E-state index < -0.39 is 0 Å². The Morgan fingerprint density at radius 2 is 1.89 bits per heavy atom. The molecule has 2 aliphatic rings. The molecule has 2 aliphatic heterocycles. The number of anilines is 1. The van der Waals surface area contributed by atoms with E-state index in [2.05, 4.69) is 0 Å². The molecule has 0 spiro atoms. The van der Waals surface area contributed by atoms with Gasteiger partial charge in [0, 0.05) is 17.4 Å². The molecule has 2 aromatic carbocycles. The van der Waals surface area contributed by atoms with E-state index in [0.717, 1.165) is 16.9 Å². The van der Waals surface area contributed by atoms with E-state index in [9.17, 15) is 9.59 Å². The zero-order valence-electron chi connectivity index (χ0n) is 15.0. The molecule has 5 nitrogen and oxygen atoms in total. The van der Waals surface area contributed by atoms with Gasteiger partial charge in [0.15, 0.2) is 0 Å². The van der Waals surface area contributed by atoms with Gasteiger partial charge < -0.3 is 9.47 Å². The molecule has 4 rings (SSSR count). The molecule has 0 N–H and O–H groups in total. The highest BCUT2D eigenvalue weighted by molar-refractivity contribution is 6.31. The largest absolute Gasteiger partial charge is 0.497 e. The van der Waals surface area contributed by atoms with Gasteiger partial charge in [0.1, 0.15) is 12.4 Å². The lowest BCUT2D eigenvalue weighted by atomic mass is 9.84. The number of carbonyl (C=O) groups is 2. The van der Waals surface area contributed by atoms with Crippen LogP contribution in [0.3, 0.4) is 0 Å². The molecule has 1 atom stereocenters. The third-order valence-corrected chi connectivity index (χ3v) is 5.46. The van der Waals surface area contributed by atoms with Crippen LogP contribution < -0.4 is 9.64 Å². The molecule has 0 aromatic heterocycles. The Balaban J connectivity index is 1.79. The monoisotopic (exact) mass is 383 g/mol. The van der Waals surface area contributed by atoms with E-state index in [-0.39, 0.29) is 30.8 Å². The van der Waals surface area contributed by atoms with Gasteiger partial charge in [0.25, 0.3) is 0 Å². The Bertz CT molecular complexity index is 965. The third kappa shape index (κ3) is 2.98. The molecule has 0 bridgehead atoms. The maximum atomic E-state index is 13.0. The van der Waals surface area contributed by atoms with Crippen LogP contribution in [0.25, 0.3) is 0 Å². The molecule has 2 aromatic rings. The lowest BCUT2D eigenvalue weighted by Crippen LogP contribution is -2.37. The SMILES string of the molecule is COc1ccc([C@@H]2CC(=O)N(c3ccc(C)c(Cl)c3)C3=C2C(=O)OC3)cc1. The number of amides is 1. The molecule has 0 saturated carbocycles. The summed E-state index contributed by atoms with van der Waals surface area (Å²) >= 11 is 6.24. The number of nitrogens with zero attached hydrogens (tertiary/aromatic N) is 1. The van der Waals surface area contributed by atoms with Gasteiger partial charge in [0.05, 0.1) is 24.1 Å². The number of esters is 1. The molecule has 0 saturated heterocycles. The number of carbonyl (C=O) groups excluding carboxylic acids is 2. The first-order valence-electron chi connectivity index (χ1n) is 8.63. The van der Waals surface area contributed by atoms with Crippen LogP contribution in [0.4, 0.5) is 5.69 Å². The Morgan fingerprint density at radius 3 is 2.56 bits per heavy atom. The molecular weight excluding hydrogens is 366 g/mol. The van der Waals surface area contributed by atoms with Crippen molar-refractivity contribution in [3.63, 3.8) is 0 Å². The first-order chi connectivity index (χ1) is 13.0. The molecule has 1 amide bonds. The van der Waals surface area contributed by atoms with Crippen LogP contribution in [0, 0.1) is 6.92 Å². The fourth-order valence-corrected chi connectivity index (χ4v) is 3.77. The van der Waals surface area contributed by atoms with E-state index >= 15 is 0 Å². The van der Waals surface area contributed by atoms with Crippen molar-refractivity contribution in [3.8, 4) is 5.75 Å². The van der Waals surface area contributed by atoms with Gasteiger partial charge in [-0.3, -0.25) is 9.69 Å². The average Bonchev–Trinajstić information content (AvgIpc) is 3.05. The molecule has 0 aliphatic carbocycles. The second-order valence-corrected chi connectivity index (χ2v) is 7.04. The summed E-state index contributed by atoms with van der Waals surface area (Å²) < 4.78 is 10.5. The van der Waals surface area contributed by atoms with Crippen molar-refractivity contribution in [2.75, 3.05) is 18.6 Å². The Hall–Kier alpha value is -2.79. The summed E-state index contributed by atoms with van der Waals surface area (Å²) in [5.41, 5.74) is 3.59.